The van der Waals surface area contributed by atoms with Crippen molar-refractivity contribution >= 4 is 34.5 Å². The highest BCUT2D eigenvalue weighted by Gasteiger charge is 2.40. The van der Waals surface area contributed by atoms with Gasteiger partial charge < -0.3 is 4.98 Å². The second kappa shape index (κ2) is 7.17. The standard InChI is InChI=1S/C20H15ClF3N5O/c1-10-7-15-16(8-11(10)2)27-19(26-15)28-18(30)14-9-25-29(17(14)20(22,23)24)13-5-3-12(21)4-6-13/h3-9H,1-2H3,(H2,26,27,28,30). The molecule has 2 heterocycles. The fraction of sp³-hybridized carbons (Fsp3) is 0.150. The summed E-state index contributed by atoms with van der Waals surface area (Å²) in [4.78, 5) is 19.8. The number of imidazole rings is 1. The molecule has 0 aliphatic rings. The number of alkyl halides is 3. The number of aromatic nitrogens is 4. The predicted octanol–water partition coefficient (Wildman–Crippen LogP) is 5.29. The lowest BCUT2D eigenvalue weighted by atomic mass is 10.1. The van der Waals surface area contributed by atoms with E-state index < -0.39 is 23.3 Å². The number of anilines is 1. The Bertz CT molecular complexity index is 1220. The third-order valence-electron chi connectivity index (χ3n) is 4.68. The van der Waals surface area contributed by atoms with Crippen LogP contribution in [0.2, 0.25) is 5.02 Å². The van der Waals surface area contributed by atoms with E-state index in [9.17, 15) is 18.0 Å². The summed E-state index contributed by atoms with van der Waals surface area (Å²) in [6.07, 6.45) is -3.94. The zero-order chi connectivity index (χ0) is 21.6. The predicted molar refractivity (Wildman–Crippen MR) is 107 cm³/mol. The van der Waals surface area contributed by atoms with Gasteiger partial charge in [0.1, 0.15) is 0 Å². The molecule has 0 spiro atoms. The smallest absolute Gasteiger partial charge is 0.324 e. The van der Waals surface area contributed by atoms with E-state index in [2.05, 4.69) is 20.4 Å². The van der Waals surface area contributed by atoms with E-state index in [0.717, 1.165) is 17.3 Å². The molecular formula is C20H15ClF3N5O. The van der Waals surface area contributed by atoms with Crippen LogP contribution in [0.4, 0.5) is 19.1 Å². The van der Waals surface area contributed by atoms with Gasteiger partial charge in [0.25, 0.3) is 5.91 Å². The minimum atomic E-state index is -4.81. The molecule has 30 heavy (non-hydrogen) atoms. The third kappa shape index (κ3) is 3.63. The second-order valence-corrected chi connectivity index (χ2v) is 7.22. The molecule has 0 radical (unpaired) electrons. The van der Waals surface area contributed by atoms with E-state index in [1.54, 1.807) is 0 Å². The van der Waals surface area contributed by atoms with Gasteiger partial charge in [-0.1, -0.05) is 11.6 Å². The fourth-order valence-corrected chi connectivity index (χ4v) is 3.20. The quantitative estimate of drug-likeness (QED) is 0.461. The maximum atomic E-state index is 13.8. The third-order valence-corrected chi connectivity index (χ3v) is 4.93. The summed E-state index contributed by atoms with van der Waals surface area (Å²) in [5, 5.41) is 6.53. The van der Waals surface area contributed by atoms with Crippen molar-refractivity contribution in [3.8, 4) is 5.69 Å². The van der Waals surface area contributed by atoms with Gasteiger partial charge in [0.2, 0.25) is 5.95 Å². The highest BCUT2D eigenvalue weighted by molar-refractivity contribution is 6.30. The monoisotopic (exact) mass is 433 g/mol. The molecule has 2 aromatic carbocycles. The number of nitrogens with zero attached hydrogens (tertiary/aromatic N) is 3. The number of benzene rings is 2. The van der Waals surface area contributed by atoms with Crippen molar-refractivity contribution in [2.45, 2.75) is 20.0 Å². The Morgan fingerprint density at radius 3 is 2.47 bits per heavy atom. The Labute approximate surface area is 173 Å². The van der Waals surface area contributed by atoms with Gasteiger partial charge in [0, 0.05) is 5.02 Å². The van der Waals surface area contributed by atoms with Gasteiger partial charge in [-0.05, 0) is 61.4 Å². The molecule has 4 rings (SSSR count). The normalized spacial score (nSPS) is 11.8. The van der Waals surface area contributed by atoms with Crippen LogP contribution in [0.25, 0.3) is 16.7 Å². The molecule has 1 amide bonds. The number of carbonyl (C=O) groups excluding carboxylic acids is 1. The first-order valence-electron chi connectivity index (χ1n) is 8.83. The van der Waals surface area contributed by atoms with Gasteiger partial charge in [-0.25, -0.2) is 9.67 Å². The van der Waals surface area contributed by atoms with Crippen LogP contribution in [0.15, 0.2) is 42.6 Å². The Morgan fingerprint density at radius 1 is 1.13 bits per heavy atom. The number of H-pyrrole nitrogens is 1. The van der Waals surface area contributed by atoms with E-state index in [0.29, 0.717) is 20.7 Å². The van der Waals surface area contributed by atoms with E-state index in [4.69, 9.17) is 11.6 Å². The maximum Gasteiger partial charge on any atom is 0.434 e. The Hall–Kier alpha value is -3.33. The molecule has 2 aromatic heterocycles. The zero-order valence-electron chi connectivity index (χ0n) is 15.8. The van der Waals surface area contributed by atoms with Gasteiger partial charge in [0.15, 0.2) is 5.69 Å². The van der Waals surface area contributed by atoms with Gasteiger partial charge >= 0.3 is 6.18 Å². The number of rotatable bonds is 3. The second-order valence-electron chi connectivity index (χ2n) is 6.79. The number of aromatic amines is 1. The van der Waals surface area contributed by atoms with Crippen molar-refractivity contribution in [2.24, 2.45) is 0 Å². The van der Waals surface area contributed by atoms with Crippen LogP contribution in [-0.4, -0.2) is 25.7 Å². The van der Waals surface area contributed by atoms with Gasteiger partial charge in [-0.15, -0.1) is 0 Å². The Morgan fingerprint density at radius 2 is 1.80 bits per heavy atom. The largest absolute Gasteiger partial charge is 0.434 e. The molecule has 0 aliphatic heterocycles. The first kappa shape index (κ1) is 20.0. The van der Waals surface area contributed by atoms with Crippen LogP contribution in [0.3, 0.4) is 0 Å². The molecule has 154 valence electrons. The van der Waals surface area contributed by atoms with Crippen LogP contribution in [0.1, 0.15) is 27.2 Å². The average Bonchev–Trinajstić information content (AvgIpc) is 3.26. The van der Waals surface area contributed by atoms with Crippen LogP contribution >= 0.6 is 11.6 Å². The van der Waals surface area contributed by atoms with E-state index in [1.165, 1.54) is 24.3 Å². The van der Waals surface area contributed by atoms with Crippen LogP contribution in [0, 0.1) is 13.8 Å². The number of fused-ring (bicyclic) bond motifs is 1. The molecule has 6 nitrogen and oxygen atoms in total. The van der Waals surface area contributed by atoms with Crippen LogP contribution in [0.5, 0.6) is 0 Å². The fourth-order valence-electron chi connectivity index (χ4n) is 3.07. The number of amides is 1. The topological polar surface area (TPSA) is 75.6 Å². The number of carbonyl (C=O) groups is 1. The van der Waals surface area contributed by atoms with E-state index in [-0.39, 0.29) is 11.6 Å². The summed E-state index contributed by atoms with van der Waals surface area (Å²) in [6.45, 7) is 3.84. The molecular weight excluding hydrogens is 419 g/mol. The first-order chi connectivity index (χ1) is 14.1. The molecule has 0 fully saturated rings. The molecule has 0 atom stereocenters. The van der Waals surface area contributed by atoms with E-state index >= 15 is 0 Å². The summed E-state index contributed by atoms with van der Waals surface area (Å²) >= 11 is 5.80. The summed E-state index contributed by atoms with van der Waals surface area (Å²) in [5.41, 5.74) is 1.61. The minimum Gasteiger partial charge on any atom is -0.324 e. The Balaban J connectivity index is 1.71. The molecule has 0 aliphatic carbocycles. The summed E-state index contributed by atoms with van der Waals surface area (Å²) < 4.78 is 42.0. The molecule has 0 saturated carbocycles. The van der Waals surface area contributed by atoms with Crippen molar-refractivity contribution in [3.05, 3.63) is 70.0 Å². The van der Waals surface area contributed by atoms with Gasteiger partial charge in [-0.2, -0.15) is 18.3 Å². The lowest BCUT2D eigenvalue weighted by Gasteiger charge is -2.12. The summed E-state index contributed by atoms with van der Waals surface area (Å²) in [5.74, 6) is -0.928. The lowest BCUT2D eigenvalue weighted by Crippen LogP contribution is -2.21. The Kier molecular flexibility index (Phi) is 4.77. The lowest BCUT2D eigenvalue weighted by molar-refractivity contribution is -0.143. The number of hydrogen-bond donors (Lipinski definition) is 2. The van der Waals surface area contributed by atoms with Crippen LogP contribution < -0.4 is 5.32 Å². The van der Waals surface area contributed by atoms with Gasteiger partial charge in [0.05, 0.1) is 28.5 Å². The number of hydrogen-bond acceptors (Lipinski definition) is 3. The maximum absolute atomic E-state index is 13.8. The molecule has 2 N–H and O–H groups in total. The molecule has 10 heteroatoms. The van der Waals surface area contributed by atoms with E-state index in [1.807, 2.05) is 26.0 Å². The average molecular weight is 434 g/mol. The number of halogens is 4. The van der Waals surface area contributed by atoms with Crippen molar-refractivity contribution in [2.75, 3.05) is 5.32 Å². The van der Waals surface area contributed by atoms with Crippen molar-refractivity contribution < 1.29 is 18.0 Å². The highest BCUT2D eigenvalue weighted by Crippen LogP contribution is 2.34. The SMILES string of the molecule is Cc1cc2nc(NC(=O)c3cnn(-c4ccc(Cl)cc4)c3C(F)(F)F)[nH]c2cc1C. The van der Waals surface area contributed by atoms with Crippen LogP contribution in [-0.2, 0) is 6.18 Å². The van der Waals surface area contributed by atoms with Crippen molar-refractivity contribution in [1.29, 1.82) is 0 Å². The van der Waals surface area contributed by atoms with Gasteiger partial charge in [-0.3, -0.25) is 10.1 Å². The van der Waals surface area contributed by atoms with Crippen molar-refractivity contribution in [1.82, 2.24) is 19.7 Å². The van der Waals surface area contributed by atoms with Crippen molar-refractivity contribution in [3.63, 3.8) is 0 Å². The number of aryl methyl sites for hydroxylation is 2. The molecule has 0 saturated heterocycles. The summed E-state index contributed by atoms with van der Waals surface area (Å²) in [7, 11) is 0. The molecule has 4 aromatic rings. The molecule has 0 unspecified atom stereocenters. The highest BCUT2D eigenvalue weighted by atomic mass is 35.5. The molecule has 0 bridgehead atoms. The minimum absolute atomic E-state index is 0.0485. The summed E-state index contributed by atoms with van der Waals surface area (Å²) in [6, 6.07) is 9.34. The number of nitrogens with one attached hydrogen (secondary N) is 2. The zero-order valence-corrected chi connectivity index (χ0v) is 16.6. The first-order valence-corrected chi connectivity index (χ1v) is 9.21.